The van der Waals surface area contributed by atoms with Crippen LogP contribution in [0.3, 0.4) is 0 Å². The van der Waals surface area contributed by atoms with Crippen LogP contribution in [0.1, 0.15) is 27.8 Å². The number of nitrogens with zero attached hydrogens (tertiary/aromatic N) is 10. The molecule has 3 aromatic heterocycles. The minimum absolute atomic E-state index is 0.383. The summed E-state index contributed by atoms with van der Waals surface area (Å²) in [5.41, 5.74) is 18.2. The summed E-state index contributed by atoms with van der Waals surface area (Å²) in [6.45, 7) is 0. The smallest absolute Gasteiger partial charge is 0.164 e. The molecule has 0 unspecified atom stereocenters. The molecule has 12 aromatic carbocycles. The zero-order valence-electron chi connectivity index (χ0n) is 47.9. The second-order valence-electron chi connectivity index (χ2n) is 21.9. The van der Waals surface area contributed by atoms with E-state index in [1.54, 1.807) is 24.3 Å². The van der Waals surface area contributed by atoms with Gasteiger partial charge in [0.05, 0.1) is 91.6 Å². The van der Waals surface area contributed by atoms with Crippen molar-refractivity contribution >= 4 is 43.6 Å². The van der Waals surface area contributed by atoms with Crippen molar-refractivity contribution in [3.8, 4) is 132 Å². The van der Waals surface area contributed by atoms with E-state index in [9.17, 15) is 26.3 Å². The molecular weight excluding hydrogens is 1100 g/mol. The molecule has 0 aliphatic heterocycles. The normalized spacial score (nSPS) is 11.1. The van der Waals surface area contributed by atoms with Crippen LogP contribution in [0.2, 0.25) is 0 Å². The van der Waals surface area contributed by atoms with Crippen LogP contribution >= 0.6 is 0 Å². The Morgan fingerprint density at radius 1 is 0.244 bits per heavy atom. The number of nitriles is 5. The SMILES string of the molecule is N#Cc1cccc(-c2ccc3c(c2)c2cc(-c4cccc(C#N)c4)ccc2n3-c2cccc(C#N)c2-c2c(-c3nc(-c4ccccc4)nc(-c4ccccc4)n3)cccc2-n2c3ccc(-c4cccc(C#N)c4)cc3c3cc(-c4cccc(C#N)c4)ccc32)c1. The summed E-state index contributed by atoms with van der Waals surface area (Å²) in [5, 5.41) is 55.6. The Morgan fingerprint density at radius 2 is 0.556 bits per heavy atom. The molecule has 0 aliphatic carbocycles. The van der Waals surface area contributed by atoms with Gasteiger partial charge in [-0.15, -0.1) is 0 Å². The molecule has 15 rings (SSSR count). The van der Waals surface area contributed by atoms with Crippen molar-refractivity contribution in [2.75, 3.05) is 0 Å². The summed E-state index contributed by atoms with van der Waals surface area (Å²) in [4.78, 5) is 15.9. The summed E-state index contributed by atoms with van der Waals surface area (Å²) in [6.07, 6.45) is 0. The maximum Gasteiger partial charge on any atom is 0.164 e. The Hall–Kier alpha value is -13.3. The molecule has 10 heteroatoms. The summed E-state index contributed by atoms with van der Waals surface area (Å²) < 4.78 is 4.50. The van der Waals surface area contributed by atoms with E-state index in [-0.39, 0.29) is 0 Å². The van der Waals surface area contributed by atoms with Crippen molar-refractivity contribution in [3.05, 3.63) is 295 Å². The molecule has 414 valence electrons. The monoisotopic (exact) mass is 1140 g/mol. The average molecular weight is 1150 g/mol. The van der Waals surface area contributed by atoms with E-state index >= 15 is 0 Å². The fraction of sp³-hybridized carbons (Fsp3) is 0. The third kappa shape index (κ3) is 9.32. The lowest BCUT2D eigenvalue weighted by Crippen LogP contribution is -2.07. The highest BCUT2D eigenvalue weighted by Gasteiger charge is 2.28. The third-order valence-corrected chi connectivity index (χ3v) is 16.7. The fourth-order valence-electron chi connectivity index (χ4n) is 12.5. The summed E-state index contributed by atoms with van der Waals surface area (Å²) in [7, 11) is 0. The van der Waals surface area contributed by atoms with Crippen molar-refractivity contribution < 1.29 is 0 Å². The number of benzene rings is 12. The summed E-state index contributed by atoms with van der Waals surface area (Å²) >= 11 is 0. The first-order chi connectivity index (χ1) is 44.4. The highest BCUT2D eigenvalue weighted by Crippen LogP contribution is 2.48. The zero-order valence-corrected chi connectivity index (χ0v) is 47.9. The van der Waals surface area contributed by atoms with Gasteiger partial charge in [-0.2, -0.15) is 26.3 Å². The van der Waals surface area contributed by atoms with Crippen LogP contribution in [0.15, 0.2) is 267 Å². The van der Waals surface area contributed by atoms with E-state index in [1.165, 1.54) is 0 Å². The molecule has 0 saturated heterocycles. The minimum atomic E-state index is 0.383. The van der Waals surface area contributed by atoms with Crippen LogP contribution in [0.5, 0.6) is 0 Å². The molecule has 0 saturated carbocycles. The van der Waals surface area contributed by atoms with E-state index in [4.69, 9.17) is 15.0 Å². The van der Waals surface area contributed by atoms with E-state index in [0.29, 0.717) is 67.7 Å². The van der Waals surface area contributed by atoms with E-state index in [0.717, 1.165) is 105 Å². The number of aromatic nitrogens is 5. The standard InChI is InChI=1S/C80H44N10/c81-45-50-13-7-21-56(37-50)60-29-33-70-66(41-60)67-42-61(57-22-8-14-51(38-57)46-82)30-34-71(67)89(70)74-27-11-25-64(49-85)76(74)77-65(80-87-78(54-17-3-1-4-18-54)86-79(88-80)55-19-5-2-6-20-55)26-12-28-75(77)90-72-35-31-62(58-23-9-15-52(39-58)47-83)43-68(72)69-44-63(32-36-73(69)90)59-24-10-16-53(40-59)48-84/h1-44H. The largest absolute Gasteiger partial charge is 0.309 e. The van der Waals surface area contributed by atoms with E-state index in [1.807, 2.05) is 158 Å². The van der Waals surface area contributed by atoms with Crippen LogP contribution in [-0.2, 0) is 0 Å². The topological polar surface area (TPSA) is 167 Å². The van der Waals surface area contributed by atoms with Crippen LogP contribution < -0.4 is 0 Å². The van der Waals surface area contributed by atoms with Crippen LogP contribution in [-0.4, -0.2) is 24.1 Å². The van der Waals surface area contributed by atoms with Crippen LogP contribution in [0.4, 0.5) is 0 Å². The first-order valence-corrected chi connectivity index (χ1v) is 29.1. The molecule has 0 aliphatic rings. The minimum Gasteiger partial charge on any atom is -0.309 e. The third-order valence-electron chi connectivity index (χ3n) is 16.7. The van der Waals surface area contributed by atoms with Crippen molar-refractivity contribution in [2.24, 2.45) is 0 Å². The first kappa shape index (κ1) is 53.4. The van der Waals surface area contributed by atoms with Gasteiger partial charge in [0.2, 0.25) is 0 Å². The Morgan fingerprint density at radius 3 is 0.911 bits per heavy atom. The van der Waals surface area contributed by atoms with Crippen LogP contribution in [0, 0.1) is 56.7 Å². The van der Waals surface area contributed by atoms with Gasteiger partial charge in [0.1, 0.15) is 0 Å². The summed E-state index contributed by atoms with van der Waals surface area (Å²) in [5.74, 6) is 1.32. The maximum atomic E-state index is 11.8. The second-order valence-corrected chi connectivity index (χ2v) is 21.9. The Labute approximate surface area is 517 Å². The van der Waals surface area contributed by atoms with E-state index in [2.05, 4.69) is 124 Å². The molecule has 0 N–H and O–H groups in total. The van der Waals surface area contributed by atoms with Gasteiger partial charge in [0.15, 0.2) is 17.5 Å². The molecule has 0 amide bonds. The highest BCUT2D eigenvalue weighted by molar-refractivity contribution is 6.15. The molecule has 15 aromatic rings. The van der Waals surface area contributed by atoms with Gasteiger partial charge in [-0.1, -0.05) is 152 Å². The Kier molecular flexibility index (Phi) is 13.2. The highest BCUT2D eigenvalue weighted by atomic mass is 15.0. The first-order valence-electron chi connectivity index (χ1n) is 29.1. The van der Waals surface area contributed by atoms with Crippen molar-refractivity contribution in [1.29, 1.82) is 26.3 Å². The van der Waals surface area contributed by atoms with Gasteiger partial charge in [-0.25, -0.2) is 15.0 Å². The predicted octanol–water partition coefficient (Wildman–Crippen LogP) is 18.8. The lowest BCUT2D eigenvalue weighted by molar-refractivity contribution is 1.07. The number of hydrogen-bond acceptors (Lipinski definition) is 8. The molecule has 0 atom stereocenters. The molecule has 0 bridgehead atoms. The van der Waals surface area contributed by atoms with Gasteiger partial charge in [0, 0.05) is 49.4 Å². The van der Waals surface area contributed by atoms with Gasteiger partial charge in [0.25, 0.3) is 0 Å². The lowest BCUT2D eigenvalue weighted by atomic mass is 9.91. The molecule has 10 nitrogen and oxygen atoms in total. The molecule has 0 radical (unpaired) electrons. The quantitative estimate of drug-likeness (QED) is 0.130. The predicted molar refractivity (Wildman–Crippen MR) is 356 cm³/mol. The number of rotatable bonds is 10. The molecule has 0 fully saturated rings. The Bertz CT molecular complexity index is 5400. The van der Waals surface area contributed by atoms with Gasteiger partial charge >= 0.3 is 0 Å². The van der Waals surface area contributed by atoms with Gasteiger partial charge < -0.3 is 9.13 Å². The summed E-state index contributed by atoms with van der Waals surface area (Å²) in [6, 6.07) is 99.6. The van der Waals surface area contributed by atoms with Crippen molar-refractivity contribution in [3.63, 3.8) is 0 Å². The zero-order chi connectivity index (χ0) is 60.8. The van der Waals surface area contributed by atoms with Crippen molar-refractivity contribution in [1.82, 2.24) is 24.1 Å². The lowest BCUT2D eigenvalue weighted by Gasteiger charge is -2.22. The van der Waals surface area contributed by atoms with Crippen LogP contribution in [0.25, 0.3) is 145 Å². The molecule has 90 heavy (non-hydrogen) atoms. The fourth-order valence-corrected chi connectivity index (χ4v) is 12.5. The van der Waals surface area contributed by atoms with Crippen molar-refractivity contribution in [2.45, 2.75) is 0 Å². The van der Waals surface area contributed by atoms with Gasteiger partial charge in [-0.3, -0.25) is 0 Å². The molecular formula is C80H44N10. The molecule has 0 spiro atoms. The Balaban J connectivity index is 1.07. The maximum absolute atomic E-state index is 11.8. The number of hydrogen-bond donors (Lipinski definition) is 0. The molecule has 3 heterocycles. The van der Waals surface area contributed by atoms with E-state index < -0.39 is 0 Å². The van der Waals surface area contributed by atoms with Gasteiger partial charge in [-0.05, 0) is 160 Å². The average Bonchev–Trinajstić information content (AvgIpc) is 1.51. The number of fused-ring (bicyclic) bond motifs is 6. The second kappa shape index (κ2) is 22.3.